The minimum Gasteiger partial charge on any atom is -0.395 e. The van der Waals surface area contributed by atoms with Crippen LogP contribution in [0, 0.1) is 4.77 Å². The molecule has 2 aromatic heterocycles. The largest absolute Gasteiger partial charge is 0.395 e. The predicted molar refractivity (Wildman–Crippen MR) is 80.0 cm³/mol. The van der Waals surface area contributed by atoms with Gasteiger partial charge in [0, 0.05) is 12.4 Å². The van der Waals surface area contributed by atoms with E-state index in [1.165, 1.54) is 12.8 Å². The predicted octanol–water partition coefficient (Wildman–Crippen LogP) is 0.917. The summed E-state index contributed by atoms with van der Waals surface area (Å²) in [4.78, 5) is 10.7. The van der Waals surface area contributed by atoms with E-state index < -0.39 is 0 Å². The molecular formula is C13H18N6OS. The highest BCUT2D eigenvalue weighted by Crippen LogP contribution is 2.16. The monoisotopic (exact) mass is 306 g/mol. The molecule has 0 bridgehead atoms. The number of rotatable bonds is 5. The molecule has 0 atom stereocenters. The lowest BCUT2D eigenvalue weighted by molar-refractivity contribution is 0.250. The number of aliphatic hydroxyl groups is 1. The fourth-order valence-corrected chi connectivity index (χ4v) is 2.83. The van der Waals surface area contributed by atoms with Crippen LogP contribution in [0.1, 0.15) is 12.8 Å². The molecule has 1 fully saturated rings. The van der Waals surface area contributed by atoms with Crippen molar-refractivity contribution in [1.82, 2.24) is 29.2 Å². The summed E-state index contributed by atoms with van der Waals surface area (Å²) < 4.78 is 4.23. The quantitative estimate of drug-likeness (QED) is 0.828. The molecule has 0 unspecified atom stereocenters. The SMILES string of the molecule is OCCn1c(-c2cnccn2)nn(CN2CCCC2)c1=S. The Morgan fingerprint density at radius 3 is 2.71 bits per heavy atom. The second-order valence-electron chi connectivity index (χ2n) is 5.04. The van der Waals surface area contributed by atoms with Crippen molar-refractivity contribution in [3.63, 3.8) is 0 Å². The summed E-state index contributed by atoms with van der Waals surface area (Å²) in [6, 6.07) is 0. The zero-order valence-corrected chi connectivity index (χ0v) is 12.5. The van der Waals surface area contributed by atoms with Crippen LogP contribution in [0.3, 0.4) is 0 Å². The smallest absolute Gasteiger partial charge is 0.199 e. The molecule has 1 aliphatic heterocycles. The summed E-state index contributed by atoms with van der Waals surface area (Å²) in [7, 11) is 0. The lowest BCUT2D eigenvalue weighted by Gasteiger charge is -2.13. The van der Waals surface area contributed by atoms with Crippen molar-refractivity contribution in [3.8, 4) is 11.5 Å². The first-order chi connectivity index (χ1) is 10.3. The molecule has 0 radical (unpaired) electrons. The van der Waals surface area contributed by atoms with Crippen LogP contribution in [-0.2, 0) is 13.2 Å². The lowest BCUT2D eigenvalue weighted by atomic mass is 10.4. The third-order valence-corrected chi connectivity index (χ3v) is 4.00. The topological polar surface area (TPSA) is 72.0 Å². The Hall–Kier alpha value is -1.64. The van der Waals surface area contributed by atoms with E-state index >= 15 is 0 Å². The van der Waals surface area contributed by atoms with Gasteiger partial charge in [-0.25, -0.2) is 9.67 Å². The normalized spacial score (nSPS) is 15.7. The third-order valence-electron chi connectivity index (χ3n) is 3.57. The van der Waals surface area contributed by atoms with Gasteiger partial charge in [0.2, 0.25) is 0 Å². The van der Waals surface area contributed by atoms with E-state index in [1.807, 2.05) is 4.57 Å². The van der Waals surface area contributed by atoms with Gasteiger partial charge in [0.25, 0.3) is 0 Å². The van der Waals surface area contributed by atoms with Crippen LogP contribution in [0.2, 0.25) is 0 Å². The standard InChI is InChI=1S/C13H18N6OS/c20-8-7-18-12(11-9-14-3-4-15-11)16-19(13(18)21)10-17-5-1-2-6-17/h3-4,9,20H,1-2,5-8,10H2. The molecule has 1 saturated heterocycles. The fourth-order valence-electron chi connectivity index (χ4n) is 2.55. The van der Waals surface area contributed by atoms with Gasteiger partial charge in [0.1, 0.15) is 5.69 Å². The molecule has 2 aromatic rings. The third kappa shape index (κ3) is 3.02. The number of likely N-dealkylation sites (tertiary alicyclic amines) is 1. The first kappa shape index (κ1) is 14.3. The molecule has 0 spiro atoms. The summed E-state index contributed by atoms with van der Waals surface area (Å²) >= 11 is 5.49. The molecule has 0 amide bonds. The molecule has 3 rings (SSSR count). The van der Waals surface area contributed by atoms with E-state index in [0.29, 0.717) is 29.5 Å². The van der Waals surface area contributed by atoms with E-state index in [-0.39, 0.29) is 6.61 Å². The highest BCUT2D eigenvalue weighted by atomic mass is 32.1. The number of nitrogens with zero attached hydrogens (tertiary/aromatic N) is 6. The van der Waals surface area contributed by atoms with Crippen molar-refractivity contribution in [3.05, 3.63) is 23.4 Å². The maximum Gasteiger partial charge on any atom is 0.199 e. The van der Waals surface area contributed by atoms with Crippen molar-refractivity contribution in [2.24, 2.45) is 0 Å². The second-order valence-corrected chi connectivity index (χ2v) is 5.40. The second kappa shape index (κ2) is 6.42. The molecular weight excluding hydrogens is 288 g/mol. The number of hydrogen-bond donors (Lipinski definition) is 1. The van der Waals surface area contributed by atoms with E-state index in [0.717, 1.165) is 13.1 Å². The first-order valence-electron chi connectivity index (χ1n) is 7.07. The van der Waals surface area contributed by atoms with Crippen LogP contribution in [-0.4, -0.2) is 54.0 Å². The molecule has 8 heteroatoms. The number of aromatic nitrogens is 5. The summed E-state index contributed by atoms with van der Waals surface area (Å²) in [5.74, 6) is 0.654. The van der Waals surface area contributed by atoms with Gasteiger partial charge in [0.05, 0.1) is 26.0 Å². The van der Waals surface area contributed by atoms with Crippen LogP contribution < -0.4 is 0 Å². The van der Waals surface area contributed by atoms with Gasteiger partial charge >= 0.3 is 0 Å². The summed E-state index contributed by atoms with van der Waals surface area (Å²) in [6.07, 6.45) is 7.35. The Morgan fingerprint density at radius 2 is 2.05 bits per heavy atom. The molecule has 1 N–H and O–H groups in total. The van der Waals surface area contributed by atoms with Gasteiger partial charge in [-0.2, -0.15) is 0 Å². The van der Waals surface area contributed by atoms with E-state index in [4.69, 9.17) is 12.2 Å². The van der Waals surface area contributed by atoms with Gasteiger partial charge < -0.3 is 5.11 Å². The molecule has 7 nitrogen and oxygen atoms in total. The minimum atomic E-state index is 0.0109. The first-order valence-corrected chi connectivity index (χ1v) is 7.47. The Labute approximate surface area is 127 Å². The van der Waals surface area contributed by atoms with Gasteiger partial charge in [0.15, 0.2) is 10.6 Å². The fraction of sp³-hybridized carbons (Fsp3) is 0.538. The van der Waals surface area contributed by atoms with Crippen LogP contribution >= 0.6 is 12.2 Å². The Morgan fingerprint density at radius 1 is 1.24 bits per heavy atom. The molecule has 112 valence electrons. The Bertz CT molecular complexity index is 646. The number of hydrogen-bond acceptors (Lipinski definition) is 6. The Balaban J connectivity index is 1.96. The summed E-state index contributed by atoms with van der Waals surface area (Å²) in [6.45, 7) is 3.26. The van der Waals surface area contributed by atoms with Crippen molar-refractivity contribution < 1.29 is 5.11 Å². The van der Waals surface area contributed by atoms with Gasteiger partial charge in [-0.15, -0.1) is 5.10 Å². The van der Waals surface area contributed by atoms with E-state index in [2.05, 4.69) is 20.0 Å². The highest BCUT2D eigenvalue weighted by Gasteiger charge is 2.17. The van der Waals surface area contributed by atoms with E-state index in [1.54, 1.807) is 23.3 Å². The van der Waals surface area contributed by atoms with Crippen molar-refractivity contribution in [2.45, 2.75) is 26.1 Å². The van der Waals surface area contributed by atoms with E-state index in [9.17, 15) is 5.11 Å². The lowest BCUT2D eigenvalue weighted by Crippen LogP contribution is -2.23. The Kier molecular flexibility index (Phi) is 4.37. The summed E-state index contributed by atoms with van der Waals surface area (Å²) in [5, 5.41) is 13.8. The maximum atomic E-state index is 9.26. The van der Waals surface area contributed by atoms with Crippen LogP contribution in [0.15, 0.2) is 18.6 Å². The molecule has 0 saturated carbocycles. The average Bonchev–Trinajstić information content (AvgIpc) is 3.12. The molecule has 3 heterocycles. The number of aliphatic hydroxyl groups excluding tert-OH is 1. The molecule has 1 aliphatic rings. The van der Waals surface area contributed by atoms with Crippen molar-refractivity contribution >= 4 is 12.2 Å². The van der Waals surface area contributed by atoms with Gasteiger partial charge in [-0.05, 0) is 38.1 Å². The minimum absolute atomic E-state index is 0.0109. The van der Waals surface area contributed by atoms with Gasteiger partial charge in [-0.3, -0.25) is 14.5 Å². The van der Waals surface area contributed by atoms with Crippen molar-refractivity contribution in [2.75, 3.05) is 19.7 Å². The highest BCUT2D eigenvalue weighted by molar-refractivity contribution is 7.71. The zero-order valence-electron chi connectivity index (χ0n) is 11.7. The van der Waals surface area contributed by atoms with Crippen molar-refractivity contribution in [1.29, 1.82) is 0 Å². The van der Waals surface area contributed by atoms with Crippen LogP contribution in [0.25, 0.3) is 11.5 Å². The summed E-state index contributed by atoms with van der Waals surface area (Å²) in [5.41, 5.74) is 0.664. The zero-order chi connectivity index (χ0) is 14.7. The van der Waals surface area contributed by atoms with Crippen LogP contribution in [0.4, 0.5) is 0 Å². The molecule has 0 aromatic carbocycles. The average molecular weight is 306 g/mol. The molecule has 21 heavy (non-hydrogen) atoms. The molecule has 0 aliphatic carbocycles. The van der Waals surface area contributed by atoms with Crippen LogP contribution in [0.5, 0.6) is 0 Å². The van der Waals surface area contributed by atoms with Gasteiger partial charge in [-0.1, -0.05) is 0 Å². The maximum absolute atomic E-state index is 9.26.